The number of hydrogen-bond acceptors (Lipinski definition) is 1. The van der Waals surface area contributed by atoms with Crippen LogP contribution in [0.25, 0.3) is 4.85 Å². The zero-order valence-corrected chi connectivity index (χ0v) is 6.51. The summed E-state index contributed by atoms with van der Waals surface area (Å²) in [5.41, 5.74) is 0. The van der Waals surface area contributed by atoms with Gasteiger partial charge in [0.1, 0.15) is 0 Å². The lowest BCUT2D eigenvalue weighted by Crippen LogP contribution is -2.36. The predicted octanol–water partition coefficient (Wildman–Crippen LogP) is 1.39. The minimum atomic E-state index is 0.286. The van der Waals surface area contributed by atoms with Crippen LogP contribution in [0.1, 0.15) is 19.8 Å². The van der Waals surface area contributed by atoms with Gasteiger partial charge in [0.15, 0.2) is 0 Å². The highest BCUT2D eigenvalue weighted by Crippen LogP contribution is 2.11. The number of likely N-dealkylation sites (N-methyl/N-ethyl adjacent to an activating group) is 1. The Morgan fingerprint density at radius 1 is 1.70 bits per heavy atom. The predicted molar refractivity (Wildman–Crippen MR) is 41.7 cm³/mol. The van der Waals surface area contributed by atoms with E-state index in [0.29, 0.717) is 0 Å². The third-order valence-corrected chi connectivity index (χ3v) is 2.11. The summed E-state index contributed by atoms with van der Waals surface area (Å²) in [6, 6.07) is 0.286. The van der Waals surface area contributed by atoms with Crippen molar-refractivity contribution in [2.45, 2.75) is 25.8 Å². The number of likely N-dealkylation sites (tertiary alicyclic amines) is 1. The van der Waals surface area contributed by atoms with E-state index in [9.17, 15) is 0 Å². The Bertz CT molecular complexity index is 137. The highest BCUT2D eigenvalue weighted by molar-refractivity contribution is 4.85. The molecule has 0 amide bonds. The molecule has 1 heterocycles. The third kappa shape index (κ3) is 1.71. The number of nitrogens with zero attached hydrogens (tertiary/aromatic N) is 2. The van der Waals surface area contributed by atoms with Gasteiger partial charge in [0.05, 0.1) is 6.54 Å². The van der Waals surface area contributed by atoms with Crippen LogP contribution in [0.4, 0.5) is 0 Å². The molecule has 2 heteroatoms. The molecule has 0 aromatic carbocycles. The van der Waals surface area contributed by atoms with Crippen LogP contribution in [0.5, 0.6) is 0 Å². The summed E-state index contributed by atoms with van der Waals surface area (Å²) in [7, 11) is 0. The van der Waals surface area contributed by atoms with Crippen molar-refractivity contribution in [1.82, 2.24) is 4.90 Å². The first-order valence-electron chi connectivity index (χ1n) is 3.95. The van der Waals surface area contributed by atoms with Gasteiger partial charge in [-0.15, -0.1) is 0 Å². The van der Waals surface area contributed by atoms with Crippen LogP contribution < -0.4 is 0 Å². The molecule has 2 nitrogen and oxygen atoms in total. The van der Waals surface area contributed by atoms with Gasteiger partial charge in [-0.05, 0) is 19.5 Å². The van der Waals surface area contributed by atoms with Crippen molar-refractivity contribution in [3.05, 3.63) is 11.4 Å². The molecular weight excluding hydrogens is 124 g/mol. The molecule has 0 aromatic rings. The molecule has 1 saturated heterocycles. The summed E-state index contributed by atoms with van der Waals surface area (Å²) >= 11 is 0. The lowest BCUT2D eigenvalue weighted by molar-refractivity contribution is 0.232. The molecule has 0 aliphatic carbocycles. The summed E-state index contributed by atoms with van der Waals surface area (Å²) in [5.74, 6) is 0. The molecule has 1 fully saturated rings. The molecule has 0 spiro atoms. The Kier molecular flexibility index (Phi) is 2.70. The molecule has 0 N–H and O–H groups in total. The topological polar surface area (TPSA) is 7.60 Å². The van der Waals surface area contributed by atoms with Crippen molar-refractivity contribution in [2.24, 2.45) is 0 Å². The number of rotatable bonds is 1. The summed E-state index contributed by atoms with van der Waals surface area (Å²) in [5, 5.41) is 0. The average molecular weight is 138 g/mol. The molecule has 56 valence electrons. The molecule has 10 heavy (non-hydrogen) atoms. The maximum absolute atomic E-state index is 6.86. The van der Waals surface area contributed by atoms with Gasteiger partial charge >= 0.3 is 0 Å². The van der Waals surface area contributed by atoms with E-state index >= 15 is 0 Å². The summed E-state index contributed by atoms with van der Waals surface area (Å²) in [6.07, 6.45) is 2.32. The monoisotopic (exact) mass is 138 g/mol. The van der Waals surface area contributed by atoms with E-state index in [2.05, 4.69) is 16.7 Å². The van der Waals surface area contributed by atoms with Crippen LogP contribution in [-0.4, -0.2) is 30.6 Å². The van der Waals surface area contributed by atoms with E-state index in [-0.39, 0.29) is 6.04 Å². The van der Waals surface area contributed by atoms with Crippen molar-refractivity contribution in [3.8, 4) is 0 Å². The Hall–Kier alpha value is -0.550. The molecule has 1 aliphatic heterocycles. The zero-order valence-electron chi connectivity index (χ0n) is 6.51. The highest BCUT2D eigenvalue weighted by atomic mass is 15.1. The van der Waals surface area contributed by atoms with E-state index in [1.54, 1.807) is 0 Å². The molecule has 0 saturated carbocycles. The Balaban J connectivity index is 2.33. The third-order valence-electron chi connectivity index (χ3n) is 2.11. The van der Waals surface area contributed by atoms with Crippen LogP contribution in [0, 0.1) is 6.57 Å². The summed E-state index contributed by atoms with van der Waals surface area (Å²) < 4.78 is 0. The fourth-order valence-electron chi connectivity index (χ4n) is 1.42. The van der Waals surface area contributed by atoms with Crippen molar-refractivity contribution in [2.75, 3.05) is 19.6 Å². The lowest BCUT2D eigenvalue weighted by Gasteiger charge is -2.25. The van der Waals surface area contributed by atoms with E-state index in [1.165, 1.54) is 13.0 Å². The van der Waals surface area contributed by atoms with Gasteiger partial charge in [0.2, 0.25) is 6.04 Å². The Labute approximate surface area is 62.7 Å². The molecule has 1 atom stereocenters. The molecular formula is C8H14N2. The maximum atomic E-state index is 6.86. The highest BCUT2D eigenvalue weighted by Gasteiger charge is 2.21. The summed E-state index contributed by atoms with van der Waals surface area (Å²) in [6.45, 7) is 12.3. The van der Waals surface area contributed by atoms with Gasteiger partial charge in [0.25, 0.3) is 0 Å². The van der Waals surface area contributed by atoms with E-state index in [1.807, 2.05) is 0 Å². The standard InChI is InChI=1S/C8H14N2/c1-3-10-6-4-5-8(7-10)9-2/h8H,3-7H2,1H3. The van der Waals surface area contributed by atoms with Crippen LogP contribution >= 0.6 is 0 Å². The smallest absolute Gasteiger partial charge is 0.236 e. The van der Waals surface area contributed by atoms with Gasteiger partial charge in [-0.1, -0.05) is 6.92 Å². The first-order chi connectivity index (χ1) is 4.86. The minimum Gasteiger partial charge on any atom is -0.312 e. The Morgan fingerprint density at radius 3 is 3.10 bits per heavy atom. The van der Waals surface area contributed by atoms with Crippen LogP contribution in [0.15, 0.2) is 0 Å². The van der Waals surface area contributed by atoms with Crippen LogP contribution in [0.2, 0.25) is 0 Å². The van der Waals surface area contributed by atoms with Crippen LogP contribution in [-0.2, 0) is 0 Å². The van der Waals surface area contributed by atoms with Gasteiger partial charge in [-0.2, -0.15) is 0 Å². The average Bonchev–Trinajstić information content (AvgIpc) is 2.05. The van der Waals surface area contributed by atoms with Crippen LogP contribution in [0.3, 0.4) is 0 Å². The van der Waals surface area contributed by atoms with Gasteiger partial charge in [0, 0.05) is 6.42 Å². The van der Waals surface area contributed by atoms with Gasteiger partial charge < -0.3 is 4.85 Å². The number of piperidine rings is 1. The quantitative estimate of drug-likeness (QED) is 0.497. The van der Waals surface area contributed by atoms with Gasteiger partial charge in [-0.3, -0.25) is 4.90 Å². The Morgan fingerprint density at radius 2 is 2.50 bits per heavy atom. The fraction of sp³-hybridized carbons (Fsp3) is 0.875. The summed E-state index contributed by atoms with van der Waals surface area (Å²) in [4.78, 5) is 5.91. The largest absolute Gasteiger partial charge is 0.312 e. The molecule has 0 bridgehead atoms. The lowest BCUT2D eigenvalue weighted by atomic mass is 10.1. The fourth-order valence-corrected chi connectivity index (χ4v) is 1.42. The van der Waals surface area contributed by atoms with E-state index < -0.39 is 0 Å². The van der Waals surface area contributed by atoms with Crippen molar-refractivity contribution < 1.29 is 0 Å². The van der Waals surface area contributed by atoms with E-state index in [4.69, 9.17) is 6.57 Å². The molecule has 1 aliphatic rings. The molecule has 0 radical (unpaired) electrons. The zero-order chi connectivity index (χ0) is 7.40. The number of hydrogen-bond donors (Lipinski definition) is 0. The first-order valence-corrected chi connectivity index (χ1v) is 3.95. The second-order valence-corrected chi connectivity index (χ2v) is 2.82. The SMILES string of the molecule is [C-]#[N+]C1CCCN(CC)C1. The first kappa shape index (κ1) is 7.56. The minimum absolute atomic E-state index is 0.286. The molecule has 0 aromatic heterocycles. The van der Waals surface area contributed by atoms with Crippen molar-refractivity contribution in [1.29, 1.82) is 0 Å². The normalized spacial score (nSPS) is 27.8. The second kappa shape index (κ2) is 3.58. The van der Waals surface area contributed by atoms with Crippen molar-refractivity contribution in [3.63, 3.8) is 0 Å². The second-order valence-electron chi connectivity index (χ2n) is 2.82. The molecule has 1 rings (SSSR count). The van der Waals surface area contributed by atoms with Gasteiger partial charge in [-0.25, -0.2) is 6.57 Å². The van der Waals surface area contributed by atoms with E-state index in [0.717, 1.165) is 19.5 Å². The maximum Gasteiger partial charge on any atom is 0.236 e. The molecule has 1 unspecified atom stereocenters. The van der Waals surface area contributed by atoms with Crippen molar-refractivity contribution >= 4 is 0 Å².